The summed E-state index contributed by atoms with van der Waals surface area (Å²) >= 11 is 0. The number of anilines is 1. The molecular weight excluding hydrogens is 310 g/mol. The lowest BCUT2D eigenvalue weighted by Gasteiger charge is -2.13. The largest absolute Gasteiger partial charge is 0.492 e. The molecule has 0 radical (unpaired) electrons. The Bertz CT molecular complexity index is 797. The van der Waals surface area contributed by atoms with Gasteiger partial charge in [0.25, 0.3) is 5.91 Å². The Balaban J connectivity index is 1.86. The second-order valence-electron chi connectivity index (χ2n) is 5.64. The number of fused-ring (bicyclic) bond motifs is 1. The molecule has 2 aromatic rings. The van der Waals surface area contributed by atoms with E-state index in [1.807, 2.05) is 19.9 Å². The number of nitrogens with one attached hydrogen (secondary N) is 2. The monoisotopic (exact) mass is 329 g/mol. The van der Waals surface area contributed by atoms with Crippen LogP contribution in [-0.4, -0.2) is 29.5 Å². The Hall–Kier alpha value is -2.96. The molecule has 0 saturated heterocycles. The number of carbonyl (C=O) groups is 2. The topological polar surface area (TPSA) is 106 Å². The molecule has 1 aromatic carbocycles. The molecule has 24 heavy (non-hydrogen) atoms. The van der Waals surface area contributed by atoms with Crippen molar-refractivity contribution in [3.63, 3.8) is 0 Å². The van der Waals surface area contributed by atoms with E-state index in [-0.39, 0.29) is 17.4 Å². The number of aromatic nitrogens is 1. The summed E-state index contributed by atoms with van der Waals surface area (Å²) in [7, 11) is 0. The maximum atomic E-state index is 12.4. The molecule has 4 N–H and O–H groups in total. The van der Waals surface area contributed by atoms with E-state index in [1.165, 1.54) is 12.3 Å². The van der Waals surface area contributed by atoms with Gasteiger partial charge in [-0.15, -0.1) is 0 Å². The molecule has 1 aliphatic rings. The zero-order valence-corrected chi connectivity index (χ0v) is 13.5. The number of H-pyrrole nitrogens is 1. The van der Waals surface area contributed by atoms with Crippen LogP contribution in [0.5, 0.6) is 11.5 Å². The van der Waals surface area contributed by atoms with Crippen molar-refractivity contribution in [2.45, 2.75) is 26.4 Å². The summed E-state index contributed by atoms with van der Waals surface area (Å²) in [6.07, 6.45) is 2.30. The van der Waals surface area contributed by atoms with Gasteiger partial charge in [0, 0.05) is 24.2 Å². The maximum Gasteiger partial charge on any atom is 0.272 e. The molecule has 0 fully saturated rings. The van der Waals surface area contributed by atoms with Crippen LogP contribution in [0.4, 0.5) is 5.69 Å². The summed E-state index contributed by atoms with van der Waals surface area (Å²) in [5.41, 5.74) is 7.25. The van der Waals surface area contributed by atoms with Gasteiger partial charge in [0.1, 0.15) is 23.3 Å². The molecule has 2 amide bonds. The SMILES string of the molecule is CCOc1cc2c(cc1NC(=O)c1cc(C(N)=O)c[nH]1)OC(C)C2. The third kappa shape index (κ3) is 3.05. The first-order valence-corrected chi connectivity index (χ1v) is 7.74. The third-order valence-corrected chi connectivity index (χ3v) is 3.76. The molecule has 126 valence electrons. The van der Waals surface area contributed by atoms with Gasteiger partial charge in [-0.1, -0.05) is 0 Å². The van der Waals surface area contributed by atoms with E-state index in [1.54, 1.807) is 6.07 Å². The minimum Gasteiger partial charge on any atom is -0.492 e. The van der Waals surface area contributed by atoms with Gasteiger partial charge >= 0.3 is 0 Å². The number of hydrogen-bond donors (Lipinski definition) is 3. The number of rotatable bonds is 5. The zero-order chi connectivity index (χ0) is 17.3. The number of amides is 2. The van der Waals surface area contributed by atoms with E-state index < -0.39 is 11.8 Å². The molecular formula is C17H19N3O4. The summed E-state index contributed by atoms with van der Waals surface area (Å²) in [4.78, 5) is 26.2. The summed E-state index contributed by atoms with van der Waals surface area (Å²) in [6, 6.07) is 5.06. The fraction of sp³-hybridized carbons (Fsp3) is 0.294. The number of ether oxygens (including phenoxy) is 2. The Kier molecular flexibility index (Phi) is 4.16. The van der Waals surface area contributed by atoms with Gasteiger partial charge < -0.3 is 25.5 Å². The van der Waals surface area contributed by atoms with Crippen molar-refractivity contribution in [1.29, 1.82) is 0 Å². The average Bonchev–Trinajstić information content (AvgIpc) is 3.13. The molecule has 0 bridgehead atoms. The van der Waals surface area contributed by atoms with Gasteiger partial charge in [-0.3, -0.25) is 9.59 Å². The second-order valence-corrected chi connectivity index (χ2v) is 5.64. The lowest BCUT2D eigenvalue weighted by Crippen LogP contribution is -2.14. The van der Waals surface area contributed by atoms with Crippen molar-refractivity contribution >= 4 is 17.5 Å². The van der Waals surface area contributed by atoms with E-state index >= 15 is 0 Å². The minimum atomic E-state index is -0.597. The summed E-state index contributed by atoms with van der Waals surface area (Å²) in [5, 5.41) is 2.78. The van der Waals surface area contributed by atoms with E-state index in [4.69, 9.17) is 15.2 Å². The van der Waals surface area contributed by atoms with Crippen LogP contribution in [0, 0.1) is 0 Å². The van der Waals surface area contributed by atoms with Gasteiger partial charge in [0.2, 0.25) is 5.91 Å². The van der Waals surface area contributed by atoms with Crippen LogP contribution >= 0.6 is 0 Å². The molecule has 0 aliphatic carbocycles. The number of aromatic amines is 1. The second kappa shape index (κ2) is 6.27. The number of nitrogens with two attached hydrogens (primary N) is 1. The molecule has 0 saturated carbocycles. The first kappa shape index (κ1) is 15.9. The highest BCUT2D eigenvalue weighted by Gasteiger charge is 2.23. The number of primary amides is 1. The number of hydrogen-bond acceptors (Lipinski definition) is 4. The summed E-state index contributed by atoms with van der Waals surface area (Å²) in [5.74, 6) is 0.337. The summed E-state index contributed by atoms with van der Waals surface area (Å²) < 4.78 is 11.4. The smallest absolute Gasteiger partial charge is 0.272 e. The molecule has 7 heteroatoms. The van der Waals surface area contributed by atoms with E-state index in [9.17, 15) is 9.59 Å². The lowest BCUT2D eigenvalue weighted by atomic mass is 10.1. The van der Waals surface area contributed by atoms with Crippen molar-refractivity contribution in [2.24, 2.45) is 5.73 Å². The lowest BCUT2D eigenvalue weighted by molar-refractivity contribution is 0.0999. The van der Waals surface area contributed by atoms with E-state index in [2.05, 4.69) is 10.3 Å². The van der Waals surface area contributed by atoms with E-state index in [0.717, 1.165) is 17.7 Å². The predicted molar refractivity (Wildman–Crippen MR) is 88.7 cm³/mol. The van der Waals surface area contributed by atoms with Crippen LogP contribution in [0.25, 0.3) is 0 Å². The standard InChI is InChI=1S/C17H19N3O4/c1-3-23-15-6-10-4-9(2)24-14(10)7-12(15)20-17(22)13-5-11(8-19-13)16(18)21/h5-9,19H,3-4H2,1-2H3,(H2,18,21)(H,20,22). The Labute approximate surface area is 139 Å². The quantitative estimate of drug-likeness (QED) is 0.780. The maximum absolute atomic E-state index is 12.4. The predicted octanol–water partition coefficient (Wildman–Crippen LogP) is 2.09. The van der Waals surface area contributed by atoms with Crippen LogP contribution in [0.3, 0.4) is 0 Å². The Morgan fingerprint density at radius 2 is 2.21 bits per heavy atom. The molecule has 1 atom stereocenters. The molecule has 1 aliphatic heterocycles. The minimum absolute atomic E-state index is 0.0990. The van der Waals surface area contributed by atoms with Crippen molar-refractivity contribution in [3.05, 3.63) is 41.2 Å². The van der Waals surface area contributed by atoms with Crippen molar-refractivity contribution < 1.29 is 19.1 Å². The zero-order valence-electron chi connectivity index (χ0n) is 13.5. The highest BCUT2D eigenvalue weighted by Crippen LogP contribution is 2.38. The normalized spacial score (nSPS) is 15.5. The molecule has 3 rings (SSSR count). The third-order valence-electron chi connectivity index (χ3n) is 3.76. The highest BCUT2D eigenvalue weighted by molar-refractivity contribution is 6.05. The van der Waals surface area contributed by atoms with Gasteiger partial charge in [-0.2, -0.15) is 0 Å². The molecule has 1 unspecified atom stereocenters. The Morgan fingerprint density at radius 1 is 1.42 bits per heavy atom. The van der Waals surface area contributed by atoms with Crippen LogP contribution in [0.15, 0.2) is 24.4 Å². The Morgan fingerprint density at radius 3 is 2.88 bits per heavy atom. The molecule has 0 spiro atoms. The van der Waals surface area contributed by atoms with Gasteiger partial charge in [0.15, 0.2) is 0 Å². The first-order chi connectivity index (χ1) is 11.5. The molecule has 1 aromatic heterocycles. The van der Waals surface area contributed by atoms with Crippen LogP contribution in [0.1, 0.15) is 40.3 Å². The number of benzene rings is 1. The van der Waals surface area contributed by atoms with Crippen molar-refractivity contribution in [2.75, 3.05) is 11.9 Å². The summed E-state index contributed by atoms with van der Waals surface area (Å²) in [6.45, 7) is 4.34. The molecule has 2 heterocycles. The van der Waals surface area contributed by atoms with Gasteiger partial charge in [0.05, 0.1) is 17.9 Å². The van der Waals surface area contributed by atoms with Crippen molar-refractivity contribution in [1.82, 2.24) is 4.98 Å². The van der Waals surface area contributed by atoms with Crippen molar-refractivity contribution in [3.8, 4) is 11.5 Å². The fourth-order valence-electron chi connectivity index (χ4n) is 2.67. The van der Waals surface area contributed by atoms with Crippen LogP contribution in [0.2, 0.25) is 0 Å². The van der Waals surface area contributed by atoms with E-state index in [0.29, 0.717) is 18.0 Å². The fourth-order valence-corrected chi connectivity index (χ4v) is 2.67. The highest BCUT2D eigenvalue weighted by atomic mass is 16.5. The average molecular weight is 329 g/mol. The molecule has 7 nitrogen and oxygen atoms in total. The number of carbonyl (C=O) groups excluding carboxylic acids is 2. The van der Waals surface area contributed by atoms with Gasteiger partial charge in [-0.05, 0) is 26.0 Å². The van der Waals surface area contributed by atoms with Gasteiger partial charge in [-0.25, -0.2) is 0 Å². The first-order valence-electron chi connectivity index (χ1n) is 7.74. The van der Waals surface area contributed by atoms with Crippen LogP contribution < -0.4 is 20.5 Å². The van der Waals surface area contributed by atoms with Crippen LogP contribution in [-0.2, 0) is 6.42 Å².